The molecule has 6 heteroatoms. The molecule has 0 spiro atoms. The van der Waals surface area contributed by atoms with E-state index in [0.29, 0.717) is 12.2 Å². The number of nitrogens with two attached hydrogens (primary N) is 1. The van der Waals surface area contributed by atoms with Gasteiger partial charge in [0.05, 0.1) is 19.8 Å². The number of rotatable bonds is 8. The number of aliphatic hydroxyl groups is 1. The van der Waals surface area contributed by atoms with Gasteiger partial charge in [-0.2, -0.15) is 0 Å². The molecular formula is C23H32N2O4. The normalized spacial score (nSPS) is 13.4. The molecule has 0 heterocycles. The summed E-state index contributed by atoms with van der Waals surface area (Å²) in [6.45, 7) is 5.91. The zero-order valence-electron chi connectivity index (χ0n) is 17.7. The van der Waals surface area contributed by atoms with Gasteiger partial charge in [-0.1, -0.05) is 42.5 Å². The van der Waals surface area contributed by atoms with Crippen LogP contribution in [0.25, 0.3) is 0 Å². The molecule has 0 aromatic heterocycles. The van der Waals surface area contributed by atoms with E-state index in [9.17, 15) is 9.90 Å². The second-order valence-corrected chi connectivity index (χ2v) is 8.11. The Balaban J connectivity index is 1.99. The number of ether oxygens (including phenoxy) is 2. The first-order valence-corrected chi connectivity index (χ1v) is 9.75. The van der Waals surface area contributed by atoms with E-state index in [1.165, 1.54) is 4.90 Å². The lowest BCUT2D eigenvalue weighted by Crippen LogP contribution is -2.53. The van der Waals surface area contributed by atoms with Crippen LogP contribution >= 0.6 is 0 Å². The molecule has 0 aliphatic heterocycles. The molecule has 0 radical (unpaired) electrons. The minimum absolute atomic E-state index is 0.0917. The van der Waals surface area contributed by atoms with Gasteiger partial charge in [0.1, 0.15) is 12.4 Å². The van der Waals surface area contributed by atoms with Gasteiger partial charge >= 0.3 is 6.09 Å². The van der Waals surface area contributed by atoms with Gasteiger partial charge < -0.3 is 25.2 Å². The van der Waals surface area contributed by atoms with Gasteiger partial charge in [-0.05, 0) is 50.5 Å². The molecule has 0 bridgehead atoms. The van der Waals surface area contributed by atoms with Gasteiger partial charge in [0.2, 0.25) is 0 Å². The van der Waals surface area contributed by atoms with Crippen molar-refractivity contribution in [2.45, 2.75) is 51.5 Å². The number of benzene rings is 2. The highest BCUT2D eigenvalue weighted by atomic mass is 16.6. The van der Waals surface area contributed by atoms with Crippen molar-refractivity contribution in [3.8, 4) is 5.75 Å². The predicted octanol–water partition coefficient (Wildman–Crippen LogP) is 3.36. The highest BCUT2D eigenvalue weighted by Gasteiger charge is 2.31. The molecule has 158 valence electrons. The molecule has 2 atom stereocenters. The van der Waals surface area contributed by atoms with Crippen LogP contribution in [0.15, 0.2) is 54.6 Å². The quantitative estimate of drug-likeness (QED) is 0.710. The number of β-amino-alcohol motifs (C(OH)–C–C–N with tert-alkyl or cyclic N) is 1. The third-order valence-corrected chi connectivity index (χ3v) is 4.70. The molecule has 2 aromatic rings. The summed E-state index contributed by atoms with van der Waals surface area (Å²) in [5.41, 5.74) is 7.54. The van der Waals surface area contributed by atoms with Crippen molar-refractivity contribution in [2.24, 2.45) is 5.73 Å². The molecular weight excluding hydrogens is 368 g/mol. The van der Waals surface area contributed by atoms with E-state index in [-0.39, 0.29) is 13.2 Å². The smallest absolute Gasteiger partial charge is 0.410 e. The average Bonchev–Trinajstić information content (AvgIpc) is 2.70. The van der Waals surface area contributed by atoms with Gasteiger partial charge in [-0.15, -0.1) is 0 Å². The summed E-state index contributed by atoms with van der Waals surface area (Å²) in [5, 5.41) is 10.6. The van der Waals surface area contributed by atoms with E-state index in [1.54, 1.807) is 7.11 Å². The topological polar surface area (TPSA) is 85.0 Å². The molecule has 2 aromatic carbocycles. The van der Waals surface area contributed by atoms with Crippen molar-refractivity contribution in [2.75, 3.05) is 13.7 Å². The Morgan fingerprint density at radius 2 is 1.76 bits per heavy atom. The zero-order valence-corrected chi connectivity index (χ0v) is 17.7. The Kier molecular flexibility index (Phi) is 8.05. The fraction of sp³-hybridized carbons (Fsp3) is 0.435. The van der Waals surface area contributed by atoms with Crippen LogP contribution < -0.4 is 10.5 Å². The number of methoxy groups -OCH3 is 1. The maximum atomic E-state index is 12.8. The van der Waals surface area contributed by atoms with Gasteiger partial charge in [0.25, 0.3) is 0 Å². The van der Waals surface area contributed by atoms with E-state index < -0.39 is 23.8 Å². The largest absolute Gasteiger partial charge is 0.497 e. The van der Waals surface area contributed by atoms with Crippen LogP contribution in [0, 0.1) is 0 Å². The first-order valence-electron chi connectivity index (χ1n) is 9.75. The summed E-state index contributed by atoms with van der Waals surface area (Å²) in [6.07, 6.45) is -0.844. The first kappa shape index (κ1) is 22.7. The number of nitrogens with zero attached hydrogens (tertiary/aromatic N) is 1. The molecule has 29 heavy (non-hydrogen) atoms. The molecule has 0 aliphatic carbocycles. The fourth-order valence-electron chi connectivity index (χ4n) is 2.95. The molecule has 0 saturated carbocycles. The summed E-state index contributed by atoms with van der Waals surface area (Å²) in [4.78, 5) is 14.3. The molecule has 3 N–H and O–H groups in total. The minimum atomic E-state index is -0.876. The Hall–Kier alpha value is -2.57. The highest BCUT2D eigenvalue weighted by Crippen LogP contribution is 2.19. The number of aliphatic hydroxyl groups excluding tert-OH is 1. The number of carbonyl (C=O) groups is 1. The van der Waals surface area contributed by atoms with Crippen molar-refractivity contribution in [3.63, 3.8) is 0 Å². The maximum Gasteiger partial charge on any atom is 0.410 e. The lowest BCUT2D eigenvalue weighted by Gasteiger charge is -2.37. The monoisotopic (exact) mass is 400 g/mol. The second-order valence-electron chi connectivity index (χ2n) is 8.11. The van der Waals surface area contributed by atoms with Crippen molar-refractivity contribution < 1.29 is 19.4 Å². The minimum Gasteiger partial charge on any atom is -0.497 e. The summed E-state index contributed by atoms with van der Waals surface area (Å²) < 4.78 is 10.7. The van der Waals surface area contributed by atoms with Crippen LogP contribution in [-0.4, -0.2) is 47.4 Å². The SMILES string of the molecule is COc1cccc(COC(=O)N(C[C@@H](O)[C@@H](N)Cc2ccccc2)C(C)(C)C)c1. The molecule has 0 unspecified atom stereocenters. The van der Waals surface area contributed by atoms with Crippen LogP contribution in [0.3, 0.4) is 0 Å². The van der Waals surface area contributed by atoms with E-state index in [4.69, 9.17) is 15.2 Å². The number of hydrogen-bond acceptors (Lipinski definition) is 5. The van der Waals surface area contributed by atoms with Crippen molar-refractivity contribution >= 4 is 6.09 Å². The average molecular weight is 401 g/mol. The number of hydrogen-bond donors (Lipinski definition) is 2. The molecule has 2 rings (SSSR count). The Morgan fingerprint density at radius 1 is 1.10 bits per heavy atom. The summed E-state index contributed by atoms with van der Waals surface area (Å²) >= 11 is 0. The van der Waals surface area contributed by atoms with Crippen LogP contribution in [0.4, 0.5) is 4.79 Å². The van der Waals surface area contributed by atoms with E-state index in [2.05, 4.69) is 0 Å². The first-order chi connectivity index (χ1) is 13.7. The molecule has 6 nitrogen and oxygen atoms in total. The summed E-state index contributed by atoms with van der Waals surface area (Å²) in [6, 6.07) is 16.6. The van der Waals surface area contributed by atoms with Gasteiger partial charge in [0.15, 0.2) is 0 Å². The highest BCUT2D eigenvalue weighted by molar-refractivity contribution is 5.68. The van der Waals surface area contributed by atoms with E-state index in [1.807, 2.05) is 75.4 Å². The van der Waals surface area contributed by atoms with E-state index >= 15 is 0 Å². The summed E-state index contributed by atoms with van der Waals surface area (Å²) in [7, 11) is 1.59. The van der Waals surface area contributed by atoms with Gasteiger partial charge in [0, 0.05) is 11.6 Å². The molecule has 1 amide bonds. The number of carbonyl (C=O) groups excluding carboxylic acids is 1. The standard InChI is InChI=1S/C23H32N2O4/c1-23(2,3)25(15-21(26)20(24)14-17-9-6-5-7-10-17)22(27)29-16-18-11-8-12-19(13-18)28-4/h5-13,20-21,26H,14-16,24H2,1-4H3/t20-,21+/m0/s1. The number of amides is 1. The second kappa shape index (κ2) is 10.3. The molecule has 0 fully saturated rings. The Labute approximate surface area is 173 Å². The third kappa shape index (κ3) is 7.07. The lowest BCUT2D eigenvalue weighted by molar-refractivity contribution is 0.0267. The maximum absolute atomic E-state index is 12.8. The van der Waals surface area contributed by atoms with Crippen LogP contribution in [-0.2, 0) is 17.8 Å². The van der Waals surface area contributed by atoms with E-state index in [0.717, 1.165) is 11.1 Å². The van der Waals surface area contributed by atoms with Crippen LogP contribution in [0.5, 0.6) is 5.75 Å². The predicted molar refractivity (Wildman–Crippen MR) is 114 cm³/mol. The van der Waals surface area contributed by atoms with Gasteiger partial charge in [-0.25, -0.2) is 4.79 Å². The van der Waals surface area contributed by atoms with Crippen molar-refractivity contribution in [1.29, 1.82) is 0 Å². The molecule has 0 aliphatic rings. The van der Waals surface area contributed by atoms with Crippen molar-refractivity contribution in [3.05, 3.63) is 65.7 Å². The fourth-order valence-corrected chi connectivity index (χ4v) is 2.95. The van der Waals surface area contributed by atoms with Gasteiger partial charge in [-0.3, -0.25) is 0 Å². The molecule has 0 saturated heterocycles. The van der Waals surface area contributed by atoms with Crippen LogP contribution in [0.1, 0.15) is 31.9 Å². The lowest BCUT2D eigenvalue weighted by atomic mass is 10.00. The van der Waals surface area contributed by atoms with Crippen LogP contribution in [0.2, 0.25) is 0 Å². The third-order valence-electron chi connectivity index (χ3n) is 4.70. The Bertz CT molecular complexity index is 774. The zero-order chi connectivity index (χ0) is 21.4. The Morgan fingerprint density at radius 3 is 2.38 bits per heavy atom. The van der Waals surface area contributed by atoms with Crippen molar-refractivity contribution in [1.82, 2.24) is 4.90 Å². The summed E-state index contributed by atoms with van der Waals surface area (Å²) in [5.74, 6) is 0.702.